The molecule has 34 heavy (non-hydrogen) atoms. The molecule has 1 heterocycles. The average Bonchev–Trinajstić information content (AvgIpc) is 2.79. The summed E-state index contributed by atoms with van der Waals surface area (Å²) in [7, 11) is 0. The molecule has 1 aromatic carbocycles. The standard InChI is InChI=1S/C25H38N8O/c1-5-7-20(8-10-29-24(34)23(15-26)33-27)28-11-9-22-19(6-2)16-30-25(32-22)31-21-13-17(3)12-18(4)14-21/h12-16,20,26,28H,5-11,27H2,1-4H3,(H,29,34)(H,30,31,32). The highest BCUT2D eigenvalue weighted by atomic mass is 16.1. The van der Waals surface area contributed by atoms with Gasteiger partial charge in [0.1, 0.15) is 0 Å². The van der Waals surface area contributed by atoms with Crippen molar-refractivity contribution in [3.8, 4) is 0 Å². The van der Waals surface area contributed by atoms with Gasteiger partial charge in [0.05, 0.1) is 11.9 Å². The van der Waals surface area contributed by atoms with Crippen molar-refractivity contribution in [2.75, 3.05) is 18.4 Å². The first kappa shape index (κ1) is 26.9. The number of rotatable bonds is 14. The van der Waals surface area contributed by atoms with Crippen LogP contribution in [-0.2, 0) is 17.6 Å². The first-order valence-corrected chi connectivity index (χ1v) is 11.9. The molecule has 9 heteroatoms. The van der Waals surface area contributed by atoms with Gasteiger partial charge in [-0.3, -0.25) is 4.79 Å². The van der Waals surface area contributed by atoms with Crippen LogP contribution in [0.2, 0.25) is 0 Å². The molecule has 0 spiro atoms. The second kappa shape index (κ2) is 14.0. The molecule has 0 fully saturated rings. The van der Waals surface area contributed by atoms with Gasteiger partial charge in [0.2, 0.25) is 5.95 Å². The van der Waals surface area contributed by atoms with E-state index >= 15 is 0 Å². The fourth-order valence-corrected chi connectivity index (χ4v) is 3.89. The van der Waals surface area contributed by atoms with Gasteiger partial charge in [-0.05, 0) is 61.9 Å². The Morgan fingerprint density at radius 3 is 2.53 bits per heavy atom. The summed E-state index contributed by atoms with van der Waals surface area (Å²) >= 11 is 0. The van der Waals surface area contributed by atoms with E-state index in [4.69, 9.17) is 16.2 Å². The summed E-state index contributed by atoms with van der Waals surface area (Å²) in [6.45, 7) is 9.68. The van der Waals surface area contributed by atoms with Crippen molar-refractivity contribution in [1.29, 1.82) is 5.41 Å². The molecule has 184 valence electrons. The van der Waals surface area contributed by atoms with Crippen molar-refractivity contribution in [2.45, 2.75) is 65.8 Å². The van der Waals surface area contributed by atoms with Crippen LogP contribution in [0.15, 0.2) is 29.5 Å². The van der Waals surface area contributed by atoms with E-state index in [-0.39, 0.29) is 11.8 Å². The number of nitrogens with two attached hydrogens (primary N) is 1. The minimum Gasteiger partial charge on any atom is -0.351 e. The van der Waals surface area contributed by atoms with E-state index in [1.165, 1.54) is 11.1 Å². The minimum atomic E-state index is -0.426. The summed E-state index contributed by atoms with van der Waals surface area (Å²) in [5.41, 5.74) is 5.48. The number of hydrogen-bond donors (Lipinski definition) is 5. The maximum atomic E-state index is 11.9. The summed E-state index contributed by atoms with van der Waals surface area (Å²) in [6.07, 6.45) is 7.25. The summed E-state index contributed by atoms with van der Waals surface area (Å²) in [4.78, 5) is 21.2. The van der Waals surface area contributed by atoms with Crippen LogP contribution in [0.4, 0.5) is 11.6 Å². The summed E-state index contributed by atoms with van der Waals surface area (Å²) in [5, 5.41) is 20.2. The number of hydrazone groups is 1. The van der Waals surface area contributed by atoms with Crippen LogP contribution in [0.5, 0.6) is 0 Å². The summed E-state index contributed by atoms with van der Waals surface area (Å²) in [6, 6.07) is 6.58. The maximum absolute atomic E-state index is 11.9. The molecule has 2 aromatic rings. The molecule has 0 saturated heterocycles. The maximum Gasteiger partial charge on any atom is 0.273 e. The van der Waals surface area contributed by atoms with Crippen LogP contribution in [-0.4, -0.2) is 46.9 Å². The molecule has 6 N–H and O–H groups in total. The van der Waals surface area contributed by atoms with Gasteiger partial charge >= 0.3 is 0 Å². The van der Waals surface area contributed by atoms with Gasteiger partial charge in [-0.25, -0.2) is 9.97 Å². The zero-order chi connectivity index (χ0) is 24.9. The first-order chi connectivity index (χ1) is 16.4. The van der Waals surface area contributed by atoms with E-state index < -0.39 is 5.91 Å². The van der Waals surface area contributed by atoms with Crippen LogP contribution < -0.4 is 21.8 Å². The van der Waals surface area contributed by atoms with Gasteiger partial charge < -0.3 is 27.2 Å². The molecule has 9 nitrogen and oxygen atoms in total. The number of carbonyl (C=O) groups is 1. The number of hydrogen-bond acceptors (Lipinski definition) is 8. The lowest BCUT2D eigenvalue weighted by Crippen LogP contribution is -2.38. The zero-order valence-corrected chi connectivity index (χ0v) is 20.7. The van der Waals surface area contributed by atoms with Gasteiger partial charge in [0, 0.05) is 37.4 Å². The molecule has 0 aliphatic carbocycles. The number of aromatic nitrogens is 2. The van der Waals surface area contributed by atoms with E-state index in [2.05, 4.69) is 71.9 Å². The molecule has 1 unspecified atom stereocenters. The Labute approximate surface area is 202 Å². The van der Waals surface area contributed by atoms with Crippen molar-refractivity contribution >= 4 is 29.5 Å². The van der Waals surface area contributed by atoms with Crippen molar-refractivity contribution in [2.24, 2.45) is 10.9 Å². The molecule has 1 amide bonds. The monoisotopic (exact) mass is 466 g/mol. The van der Waals surface area contributed by atoms with Gasteiger partial charge in [0.25, 0.3) is 5.91 Å². The van der Waals surface area contributed by atoms with Gasteiger partial charge in [-0.1, -0.05) is 26.3 Å². The normalized spacial score (nSPS) is 12.3. The third-order valence-corrected chi connectivity index (χ3v) is 5.53. The molecular formula is C25H38N8O. The van der Waals surface area contributed by atoms with Crippen molar-refractivity contribution in [1.82, 2.24) is 20.6 Å². The number of benzene rings is 1. The third kappa shape index (κ3) is 8.55. The smallest absolute Gasteiger partial charge is 0.273 e. The predicted octanol–water partition coefficient (Wildman–Crippen LogP) is 3.17. The van der Waals surface area contributed by atoms with Gasteiger partial charge in [-0.15, -0.1) is 0 Å². The Bertz CT molecular complexity index is 969. The lowest BCUT2D eigenvalue weighted by Gasteiger charge is -2.19. The van der Waals surface area contributed by atoms with Gasteiger partial charge in [-0.2, -0.15) is 5.10 Å². The average molecular weight is 467 g/mol. The van der Waals surface area contributed by atoms with Gasteiger partial charge in [0.15, 0.2) is 5.71 Å². The number of nitrogens with one attached hydrogen (secondary N) is 4. The van der Waals surface area contributed by atoms with E-state index in [1.54, 1.807) is 0 Å². The molecule has 1 atom stereocenters. The molecule has 2 rings (SSSR count). The van der Waals surface area contributed by atoms with E-state index in [1.807, 2.05) is 6.20 Å². The Balaban J connectivity index is 1.95. The fraction of sp³-hybridized carbons (Fsp3) is 0.480. The van der Waals surface area contributed by atoms with E-state index in [9.17, 15) is 4.79 Å². The second-order valence-corrected chi connectivity index (χ2v) is 8.41. The van der Waals surface area contributed by atoms with Crippen LogP contribution in [0.25, 0.3) is 0 Å². The van der Waals surface area contributed by atoms with E-state index in [0.29, 0.717) is 12.5 Å². The lowest BCUT2D eigenvalue weighted by atomic mass is 10.1. The Kier molecular flexibility index (Phi) is 11.1. The highest BCUT2D eigenvalue weighted by Crippen LogP contribution is 2.18. The first-order valence-electron chi connectivity index (χ1n) is 11.9. The third-order valence-electron chi connectivity index (χ3n) is 5.53. The number of nitrogens with zero attached hydrogens (tertiary/aromatic N) is 3. The van der Waals surface area contributed by atoms with Crippen molar-refractivity contribution < 1.29 is 4.79 Å². The Morgan fingerprint density at radius 1 is 1.18 bits per heavy atom. The number of carbonyl (C=O) groups excluding carboxylic acids is 1. The summed E-state index contributed by atoms with van der Waals surface area (Å²) in [5.74, 6) is 5.30. The van der Waals surface area contributed by atoms with Crippen LogP contribution in [0.1, 0.15) is 55.5 Å². The number of amides is 1. The highest BCUT2D eigenvalue weighted by Gasteiger charge is 2.12. The molecule has 0 bridgehead atoms. The largest absolute Gasteiger partial charge is 0.351 e. The number of anilines is 2. The second-order valence-electron chi connectivity index (χ2n) is 8.41. The van der Waals surface area contributed by atoms with Crippen LogP contribution in [0.3, 0.4) is 0 Å². The highest BCUT2D eigenvalue weighted by molar-refractivity contribution is 6.60. The molecule has 1 aromatic heterocycles. The Morgan fingerprint density at radius 2 is 1.91 bits per heavy atom. The Hall–Kier alpha value is -3.33. The quantitative estimate of drug-likeness (QED) is 0.164. The SMILES string of the molecule is CCCC(CCNC(=O)C(C=N)=NN)NCCc1nc(Nc2cc(C)cc(C)c2)ncc1CC. The van der Waals surface area contributed by atoms with Crippen LogP contribution >= 0.6 is 0 Å². The number of aryl methyl sites for hydroxylation is 3. The molecular weight excluding hydrogens is 428 g/mol. The van der Waals surface area contributed by atoms with Crippen LogP contribution in [0, 0.1) is 19.3 Å². The van der Waals surface area contributed by atoms with E-state index in [0.717, 1.165) is 61.8 Å². The molecule has 0 aliphatic rings. The zero-order valence-electron chi connectivity index (χ0n) is 20.7. The molecule has 0 radical (unpaired) electrons. The lowest BCUT2D eigenvalue weighted by molar-refractivity contribution is -0.114. The van der Waals surface area contributed by atoms with Crippen molar-refractivity contribution in [3.63, 3.8) is 0 Å². The molecule has 0 aliphatic heterocycles. The topological polar surface area (TPSA) is 141 Å². The minimum absolute atomic E-state index is 0.0823. The summed E-state index contributed by atoms with van der Waals surface area (Å²) < 4.78 is 0. The fourth-order valence-electron chi connectivity index (χ4n) is 3.89. The van der Waals surface area contributed by atoms with Crippen molar-refractivity contribution in [3.05, 3.63) is 46.8 Å². The molecule has 0 saturated carbocycles. The predicted molar refractivity (Wildman–Crippen MR) is 139 cm³/mol.